The van der Waals surface area contributed by atoms with Crippen molar-refractivity contribution in [3.05, 3.63) is 146 Å². The van der Waals surface area contributed by atoms with Gasteiger partial charge in [-0.05, 0) is 76.5 Å². The van der Waals surface area contributed by atoms with E-state index in [1.807, 2.05) is 66.7 Å². The summed E-state index contributed by atoms with van der Waals surface area (Å²) in [5.74, 6) is 2.41. The second-order valence-corrected chi connectivity index (χ2v) is 14.2. The Bertz CT molecular complexity index is 2510. The second-order valence-electron chi connectivity index (χ2n) is 11.7. The Hall–Kier alpha value is -5.57. The lowest BCUT2D eigenvalue weighted by molar-refractivity contribution is 0.462. The van der Waals surface area contributed by atoms with Crippen LogP contribution in [0.1, 0.15) is 0 Å². The second kappa shape index (κ2) is 8.98. The topological polar surface area (TPSA) is 40.5 Å². The molecule has 0 spiro atoms. The van der Waals surface area contributed by atoms with Crippen molar-refractivity contribution < 1.29 is 14.0 Å². The van der Waals surface area contributed by atoms with Crippen molar-refractivity contribution in [2.75, 3.05) is 0 Å². The fourth-order valence-corrected chi connectivity index (χ4v) is 10.5. The van der Waals surface area contributed by atoms with Crippen LogP contribution in [0.2, 0.25) is 0 Å². The molecule has 0 saturated heterocycles. The third kappa shape index (κ3) is 3.35. The lowest BCUT2D eigenvalue weighted by Crippen LogP contribution is -2.35. The molecule has 0 aliphatic carbocycles. The third-order valence-electron chi connectivity index (χ3n) is 9.22. The van der Waals surface area contributed by atoms with Crippen molar-refractivity contribution in [2.45, 2.75) is 0 Å². The maximum Gasteiger partial charge on any atom is 0.186 e. The van der Waals surface area contributed by atoms with Crippen LogP contribution in [0.25, 0.3) is 49.4 Å². The van der Waals surface area contributed by atoms with Gasteiger partial charge in [0, 0.05) is 16.5 Å². The summed E-state index contributed by atoms with van der Waals surface area (Å²) in [6.45, 7) is 0. The maximum atomic E-state index is 15.6. The molecular formula is C40H24NO3P. The number of nitrogens with zero attached hydrogens (tertiary/aromatic N) is 1. The molecule has 2 aliphatic heterocycles. The van der Waals surface area contributed by atoms with E-state index < -0.39 is 7.14 Å². The van der Waals surface area contributed by atoms with E-state index >= 15 is 4.57 Å². The lowest BCUT2D eigenvalue weighted by atomic mass is 10.0. The van der Waals surface area contributed by atoms with E-state index in [9.17, 15) is 0 Å². The number of para-hydroxylation sites is 3. The van der Waals surface area contributed by atoms with Crippen LogP contribution < -0.4 is 25.4 Å². The highest BCUT2D eigenvalue weighted by Crippen LogP contribution is 2.60. The van der Waals surface area contributed by atoms with Crippen molar-refractivity contribution in [3.8, 4) is 39.8 Å². The van der Waals surface area contributed by atoms with E-state index in [1.54, 1.807) is 0 Å². The molecule has 0 amide bonds. The van der Waals surface area contributed by atoms with Crippen LogP contribution in [0.4, 0.5) is 0 Å². The van der Waals surface area contributed by atoms with Crippen molar-refractivity contribution in [1.82, 2.24) is 4.57 Å². The summed E-state index contributed by atoms with van der Waals surface area (Å²) in [5, 5.41) is 6.53. The Morgan fingerprint density at radius 3 is 1.80 bits per heavy atom. The molecule has 4 nitrogen and oxygen atoms in total. The van der Waals surface area contributed by atoms with Crippen LogP contribution in [-0.2, 0) is 4.57 Å². The highest BCUT2D eigenvalue weighted by atomic mass is 31.2. The molecule has 212 valence electrons. The number of rotatable bonds is 2. The molecule has 1 aromatic heterocycles. The minimum Gasteiger partial charge on any atom is -0.456 e. The largest absolute Gasteiger partial charge is 0.456 e. The van der Waals surface area contributed by atoms with Crippen LogP contribution >= 0.6 is 7.14 Å². The summed E-state index contributed by atoms with van der Waals surface area (Å²) in [7, 11) is -3.31. The summed E-state index contributed by atoms with van der Waals surface area (Å²) in [6.07, 6.45) is 0. The molecule has 0 radical (unpaired) electrons. The Balaban J connectivity index is 1.15. The Kier molecular flexibility index (Phi) is 4.95. The fourth-order valence-electron chi connectivity index (χ4n) is 7.25. The minimum absolute atomic E-state index is 0.578. The number of hydrogen-bond donors (Lipinski definition) is 0. The van der Waals surface area contributed by atoms with E-state index in [2.05, 4.69) is 83.4 Å². The molecule has 45 heavy (non-hydrogen) atoms. The van der Waals surface area contributed by atoms with Gasteiger partial charge < -0.3 is 18.6 Å². The van der Waals surface area contributed by atoms with Gasteiger partial charge in [0.2, 0.25) is 0 Å². The van der Waals surface area contributed by atoms with E-state index in [4.69, 9.17) is 9.47 Å². The van der Waals surface area contributed by atoms with Gasteiger partial charge in [-0.15, -0.1) is 0 Å². The Morgan fingerprint density at radius 1 is 0.467 bits per heavy atom. The summed E-state index contributed by atoms with van der Waals surface area (Å²) in [5.41, 5.74) is 5.39. The van der Waals surface area contributed by atoms with Gasteiger partial charge in [-0.3, -0.25) is 0 Å². The average molecular weight is 598 g/mol. The monoisotopic (exact) mass is 597 g/mol. The van der Waals surface area contributed by atoms with Gasteiger partial charge in [-0.1, -0.05) is 91.0 Å². The SMILES string of the molecule is O=[P@]12c3ccccc3Oc3cc(-c4ccc(-n5c6ccccc6c6ccccc65)cc4)cc(c31)Oc1ccc3ccccc3c12. The molecule has 2 aliphatic rings. The zero-order chi connectivity index (χ0) is 29.7. The maximum absolute atomic E-state index is 15.6. The van der Waals surface area contributed by atoms with Gasteiger partial charge in [0.05, 0.1) is 21.6 Å². The number of fused-ring (bicyclic) bond motifs is 9. The first kappa shape index (κ1) is 24.8. The van der Waals surface area contributed by atoms with E-state index in [-0.39, 0.29) is 0 Å². The zero-order valence-electron chi connectivity index (χ0n) is 24.0. The van der Waals surface area contributed by atoms with Crippen LogP contribution in [0.5, 0.6) is 23.0 Å². The quantitative estimate of drug-likeness (QED) is 0.186. The molecule has 10 rings (SSSR count). The summed E-state index contributed by atoms with van der Waals surface area (Å²) in [4.78, 5) is 0. The fraction of sp³-hybridized carbons (Fsp3) is 0. The minimum atomic E-state index is -3.31. The lowest BCUT2D eigenvalue weighted by Gasteiger charge is -2.35. The molecule has 1 atom stereocenters. The van der Waals surface area contributed by atoms with Crippen LogP contribution in [0.15, 0.2) is 146 Å². The number of ether oxygens (including phenoxy) is 2. The molecule has 0 unspecified atom stereocenters. The van der Waals surface area contributed by atoms with Gasteiger partial charge in [0.15, 0.2) is 7.14 Å². The molecule has 3 heterocycles. The average Bonchev–Trinajstić information content (AvgIpc) is 3.42. The predicted molar refractivity (Wildman–Crippen MR) is 183 cm³/mol. The Labute approximate surface area is 259 Å². The van der Waals surface area contributed by atoms with E-state index in [0.717, 1.165) is 32.9 Å². The predicted octanol–water partition coefficient (Wildman–Crippen LogP) is 9.45. The van der Waals surface area contributed by atoms with Crippen LogP contribution in [0, 0.1) is 0 Å². The highest BCUT2D eigenvalue weighted by Gasteiger charge is 2.47. The molecular weight excluding hydrogens is 573 g/mol. The normalized spacial score (nSPS) is 16.1. The van der Waals surface area contributed by atoms with Gasteiger partial charge in [0.25, 0.3) is 0 Å². The first-order valence-corrected chi connectivity index (χ1v) is 16.7. The van der Waals surface area contributed by atoms with Gasteiger partial charge in [0.1, 0.15) is 28.3 Å². The number of hydrogen-bond acceptors (Lipinski definition) is 3. The number of aromatic nitrogens is 1. The molecule has 0 bridgehead atoms. The van der Waals surface area contributed by atoms with E-state index in [1.165, 1.54) is 21.8 Å². The Morgan fingerprint density at radius 2 is 1.07 bits per heavy atom. The van der Waals surface area contributed by atoms with Crippen molar-refractivity contribution in [1.29, 1.82) is 0 Å². The molecule has 0 fully saturated rings. The zero-order valence-corrected chi connectivity index (χ0v) is 24.9. The van der Waals surface area contributed by atoms with Gasteiger partial charge in [-0.2, -0.15) is 0 Å². The van der Waals surface area contributed by atoms with Crippen molar-refractivity contribution >= 4 is 55.6 Å². The molecule has 8 aromatic rings. The van der Waals surface area contributed by atoms with Crippen molar-refractivity contribution in [3.63, 3.8) is 0 Å². The molecule has 0 saturated carbocycles. The van der Waals surface area contributed by atoms with Gasteiger partial charge >= 0.3 is 0 Å². The van der Waals surface area contributed by atoms with Crippen molar-refractivity contribution in [2.24, 2.45) is 0 Å². The highest BCUT2D eigenvalue weighted by molar-refractivity contribution is 7.86. The number of benzene rings is 7. The van der Waals surface area contributed by atoms with E-state index in [0.29, 0.717) is 33.6 Å². The first-order chi connectivity index (χ1) is 22.2. The summed E-state index contributed by atoms with van der Waals surface area (Å²) in [6, 6.07) is 49.4. The molecule has 0 N–H and O–H groups in total. The third-order valence-corrected chi connectivity index (χ3v) is 12.4. The summed E-state index contributed by atoms with van der Waals surface area (Å²) >= 11 is 0. The van der Waals surface area contributed by atoms with Gasteiger partial charge in [-0.25, -0.2) is 0 Å². The summed E-state index contributed by atoms with van der Waals surface area (Å²) < 4.78 is 31.0. The standard InChI is InChI=1S/C40H24NO3P/c42-45-38-16-8-7-15-34(38)43-36-23-27(24-37(40(36)45)44-35-22-19-26-9-1-2-10-29(26)39(35)45)25-17-20-28(21-18-25)41-32-13-5-3-11-30(32)31-12-4-6-14-33(31)41/h1-24H/t45-/m0/s1. The molecule has 7 aromatic carbocycles. The smallest absolute Gasteiger partial charge is 0.186 e. The first-order valence-electron chi connectivity index (χ1n) is 15.0. The van der Waals surface area contributed by atoms with Crippen LogP contribution in [-0.4, -0.2) is 4.57 Å². The van der Waals surface area contributed by atoms with Crippen LogP contribution in [0.3, 0.4) is 0 Å². The molecule has 5 heteroatoms.